The van der Waals surface area contributed by atoms with E-state index in [9.17, 15) is 9.59 Å². The minimum Gasteiger partial charge on any atom is -0.345 e. The molecule has 3 aromatic rings. The Morgan fingerprint density at radius 3 is 2.72 bits per heavy atom. The van der Waals surface area contributed by atoms with Crippen molar-refractivity contribution < 1.29 is 4.79 Å². The number of hydrogen-bond acceptors (Lipinski definition) is 4. The highest BCUT2D eigenvalue weighted by atomic mass is 32.1. The van der Waals surface area contributed by atoms with Crippen molar-refractivity contribution in [2.75, 3.05) is 14.1 Å². The molecule has 2 aromatic heterocycles. The predicted molar refractivity (Wildman–Crippen MR) is 99.5 cm³/mol. The second-order valence-corrected chi connectivity index (χ2v) is 7.70. The SMILES string of the molecule is CN(C)C(=O)c1ccc(Cn2cnc3sc4c(c3c2=O)CCC4)cc1. The zero-order valence-electron chi connectivity index (χ0n) is 14.3. The van der Waals surface area contributed by atoms with E-state index >= 15 is 0 Å². The standard InChI is InChI=1S/C19H19N3O2S/c1-21(2)18(23)13-8-6-12(7-9-13)10-22-11-20-17-16(19(22)24)14-4-3-5-15(14)25-17/h6-9,11H,3-5,10H2,1-2H3. The average molecular weight is 353 g/mol. The van der Waals surface area contributed by atoms with Crippen LogP contribution in [0.3, 0.4) is 0 Å². The van der Waals surface area contributed by atoms with Gasteiger partial charge in [-0.05, 0) is 42.5 Å². The highest BCUT2D eigenvalue weighted by Crippen LogP contribution is 2.34. The minimum atomic E-state index is -0.0272. The summed E-state index contributed by atoms with van der Waals surface area (Å²) < 4.78 is 1.66. The predicted octanol–water partition coefficient (Wildman–Crippen LogP) is 2.70. The Kier molecular flexibility index (Phi) is 3.92. The van der Waals surface area contributed by atoms with Gasteiger partial charge in [0.2, 0.25) is 0 Å². The number of amides is 1. The summed E-state index contributed by atoms with van der Waals surface area (Å²) in [5.74, 6) is -0.0272. The van der Waals surface area contributed by atoms with Crippen molar-refractivity contribution in [3.05, 3.63) is 62.5 Å². The molecule has 0 saturated heterocycles. The Balaban J connectivity index is 1.66. The van der Waals surface area contributed by atoms with Gasteiger partial charge >= 0.3 is 0 Å². The molecule has 1 amide bonds. The highest BCUT2D eigenvalue weighted by molar-refractivity contribution is 7.18. The van der Waals surface area contributed by atoms with Crippen molar-refractivity contribution in [3.63, 3.8) is 0 Å². The Bertz CT molecular complexity index is 1020. The smallest absolute Gasteiger partial charge is 0.262 e. The van der Waals surface area contributed by atoms with Gasteiger partial charge in [-0.1, -0.05) is 12.1 Å². The van der Waals surface area contributed by atoms with Gasteiger partial charge in [0.15, 0.2) is 0 Å². The zero-order chi connectivity index (χ0) is 17.6. The summed E-state index contributed by atoms with van der Waals surface area (Å²) in [5, 5.41) is 0.805. The van der Waals surface area contributed by atoms with Crippen molar-refractivity contribution in [1.82, 2.24) is 14.5 Å². The lowest BCUT2D eigenvalue weighted by atomic mass is 10.1. The van der Waals surface area contributed by atoms with E-state index in [0.717, 1.165) is 35.0 Å². The van der Waals surface area contributed by atoms with Crippen molar-refractivity contribution in [1.29, 1.82) is 0 Å². The Labute approximate surface area is 149 Å². The quantitative estimate of drug-likeness (QED) is 0.727. The molecule has 0 unspecified atom stereocenters. The Morgan fingerprint density at radius 1 is 1.24 bits per heavy atom. The lowest BCUT2D eigenvalue weighted by molar-refractivity contribution is 0.0827. The number of benzene rings is 1. The van der Waals surface area contributed by atoms with Gasteiger partial charge in [-0.3, -0.25) is 14.2 Å². The monoisotopic (exact) mass is 353 g/mol. The van der Waals surface area contributed by atoms with E-state index in [-0.39, 0.29) is 11.5 Å². The summed E-state index contributed by atoms with van der Waals surface area (Å²) in [4.78, 5) is 33.1. The van der Waals surface area contributed by atoms with Crippen LogP contribution in [0.2, 0.25) is 0 Å². The molecular formula is C19H19N3O2S. The number of carbonyl (C=O) groups is 1. The maximum atomic E-state index is 12.9. The lowest BCUT2D eigenvalue weighted by Crippen LogP contribution is -2.22. The zero-order valence-corrected chi connectivity index (χ0v) is 15.1. The van der Waals surface area contributed by atoms with E-state index in [0.29, 0.717) is 12.1 Å². The van der Waals surface area contributed by atoms with Crippen LogP contribution >= 0.6 is 11.3 Å². The van der Waals surface area contributed by atoms with Crippen LogP contribution < -0.4 is 5.56 Å². The van der Waals surface area contributed by atoms with Gasteiger partial charge in [0.05, 0.1) is 18.3 Å². The molecule has 0 radical (unpaired) electrons. The normalized spacial score (nSPS) is 13.2. The summed E-state index contributed by atoms with van der Waals surface area (Å²) in [6.45, 7) is 0.461. The van der Waals surface area contributed by atoms with E-state index < -0.39 is 0 Å². The minimum absolute atomic E-state index is 0.0272. The summed E-state index contributed by atoms with van der Waals surface area (Å²) >= 11 is 1.66. The van der Waals surface area contributed by atoms with Crippen molar-refractivity contribution >= 4 is 27.5 Å². The third kappa shape index (κ3) is 2.76. The Morgan fingerprint density at radius 2 is 2.00 bits per heavy atom. The van der Waals surface area contributed by atoms with Crippen molar-refractivity contribution in [3.8, 4) is 0 Å². The van der Waals surface area contributed by atoms with Gasteiger partial charge in [-0.25, -0.2) is 4.98 Å². The number of nitrogens with zero attached hydrogens (tertiary/aromatic N) is 3. The molecule has 0 bridgehead atoms. The van der Waals surface area contributed by atoms with Crippen LogP contribution in [0.5, 0.6) is 0 Å². The maximum Gasteiger partial charge on any atom is 0.262 e. The van der Waals surface area contributed by atoms with E-state index in [1.807, 2.05) is 12.1 Å². The molecule has 4 rings (SSSR count). The number of rotatable bonds is 3. The van der Waals surface area contributed by atoms with Gasteiger partial charge in [0, 0.05) is 24.5 Å². The topological polar surface area (TPSA) is 55.2 Å². The number of aromatic nitrogens is 2. The first-order valence-electron chi connectivity index (χ1n) is 8.35. The molecule has 1 aromatic carbocycles. The molecule has 128 valence electrons. The number of carbonyl (C=O) groups excluding carboxylic acids is 1. The maximum absolute atomic E-state index is 12.9. The number of hydrogen-bond donors (Lipinski definition) is 0. The summed E-state index contributed by atoms with van der Waals surface area (Å²) in [6, 6.07) is 7.39. The van der Waals surface area contributed by atoms with Crippen LogP contribution in [-0.4, -0.2) is 34.5 Å². The summed E-state index contributed by atoms with van der Waals surface area (Å²) in [6.07, 6.45) is 4.82. The van der Waals surface area contributed by atoms with Crippen LogP contribution in [-0.2, 0) is 19.4 Å². The molecule has 0 atom stereocenters. The molecule has 25 heavy (non-hydrogen) atoms. The van der Waals surface area contributed by atoms with Gasteiger partial charge in [0.1, 0.15) is 4.83 Å². The molecule has 2 heterocycles. The van der Waals surface area contributed by atoms with Gasteiger partial charge in [-0.2, -0.15) is 0 Å². The van der Waals surface area contributed by atoms with Gasteiger partial charge < -0.3 is 4.90 Å². The molecule has 0 fully saturated rings. The van der Waals surface area contributed by atoms with Crippen LogP contribution in [0.1, 0.15) is 32.8 Å². The second kappa shape index (κ2) is 6.11. The van der Waals surface area contributed by atoms with Crippen LogP contribution in [0.4, 0.5) is 0 Å². The fraction of sp³-hybridized carbons (Fsp3) is 0.316. The largest absolute Gasteiger partial charge is 0.345 e. The fourth-order valence-corrected chi connectivity index (χ4v) is 4.56. The third-order valence-corrected chi connectivity index (χ3v) is 5.85. The molecule has 6 heteroatoms. The molecule has 1 aliphatic rings. The first-order valence-corrected chi connectivity index (χ1v) is 9.16. The van der Waals surface area contributed by atoms with Gasteiger partial charge in [0.25, 0.3) is 11.5 Å². The molecule has 0 saturated carbocycles. The molecular weight excluding hydrogens is 334 g/mol. The molecule has 0 spiro atoms. The highest BCUT2D eigenvalue weighted by Gasteiger charge is 2.21. The molecule has 0 N–H and O–H groups in total. The summed E-state index contributed by atoms with van der Waals surface area (Å²) in [5.41, 5.74) is 2.87. The van der Waals surface area contributed by atoms with E-state index in [1.165, 1.54) is 10.4 Å². The van der Waals surface area contributed by atoms with Crippen LogP contribution in [0.25, 0.3) is 10.2 Å². The van der Waals surface area contributed by atoms with Crippen LogP contribution in [0, 0.1) is 0 Å². The lowest BCUT2D eigenvalue weighted by Gasteiger charge is -2.11. The Hall–Kier alpha value is -2.47. The number of fused-ring (bicyclic) bond motifs is 3. The molecule has 1 aliphatic carbocycles. The van der Waals surface area contributed by atoms with E-state index in [2.05, 4.69) is 4.98 Å². The van der Waals surface area contributed by atoms with Crippen LogP contribution in [0.15, 0.2) is 35.4 Å². The first kappa shape index (κ1) is 16.0. The number of thiophene rings is 1. The van der Waals surface area contributed by atoms with E-state index in [4.69, 9.17) is 0 Å². The van der Waals surface area contributed by atoms with Gasteiger partial charge in [-0.15, -0.1) is 11.3 Å². The van der Waals surface area contributed by atoms with Crippen molar-refractivity contribution in [2.24, 2.45) is 0 Å². The molecule has 5 nitrogen and oxygen atoms in total. The fourth-order valence-electron chi connectivity index (χ4n) is 3.34. The third-order valence-electron chi connectivity index (χ3n) is 4.65. The first-order chi connectivity index (χ1) is 12.0. The molecule has 0 aliphatic heterocycles. The number of aryl methyl sites for hydroxylation is 2. The summed E-state index contributed by atoms with van der Waals surface area (Å²) in [7, 11) is 3.46. The average Bonchev–Trinajstić information content (AvgIpc) is 3.18. The van der Waals surface area contributed by atoms with E-state index in [1.54, 1.807) is 53.4 Å². The second-order valence-electron chi connectivity index (χ2n) is 6.61. The van der Waals surface area contributed by atoms with Crippen molar-refractivity contribution in [2.45, 2.75) is 25.8 Å².